The largest absolute Gasteiger partial charge is 0.337 e. The van der Waals surface area contributed by atoms with Crippen LogP contribution in [0.3, 0.4) is 0 Å². The minimum Gasteiger partial charge on any atom is -0.337 e. The van der Waals surface area contributed by atoms with Crippen molar-refractivity contribution in [1.29, 1.82) is 0 Å². The van der Waals surface area contributed by atoms with Crippen LogP contribution in [0.5, 0.6) is 0 Å². The zero-order valence-corrected chi connectivity index (χ0v) is 25.7. The first-order valence-electron chi connectivity index (χ1n) is 14.6. The van der Waals surface area contributed by atoms with Crippen LogP contribution in [0.4, 0.5) is 20.5 Å². The molecular formula is C31H39F2N9O. The Labute approximate surface area is 250 Å². The lowest BCUT2D eigenvalue weighted by Gasteiger charge is -2.23. The number of hydrogen-bond donors (Lipinski definition) is 1. The topological polar surface area (TPSA) is 95.3 Å². The van der Waals surface area contributed by atoms with Gasteiger partial charge in [0.25, 0.3) is 5.91 Å². The molecule has 0 radical (unpaired) electrons. The van der Waals surface area contributed by atoms with Gasteiger partial charge in [-0.3, -0.25) is 4.79 Å². The fourth-order valence-corrected chi connectivity index (χ4v) is 5.57. The van der Waals surface area contributed by atoms with Crippen molar-refractivity contribution in [2.45, 2.75) is 40.2 Å². The molecule has 0 bridgehead atoms. The normalized spacial score (nSPS) is 14.6. The molecule has 43 heavy (non-hydrogen) atoms. The lowest BCUT2D eigenvalue weighted by atomic mass is 10.1. The Kier molecular flexibility index (Phi) is 8.97. The number of fused-ring (bicyclic) bond motifs is 1. The highest BCUT2D eigenvalue weighted by atomic mass is 19.1. The Morgan fingerprint density at radius 1 is 1.02 bits per heavy atom. The number of pyridine rings is 1. The summed E-state index contributed by atoms with van der Waals surface area (Å²) in [6.07, 6.45) is 1.97. The lowest BCUT2D eigenvalue weighted by Crippen LogP contribution is -2.37. The molecule has 1 aromatic carbocycles. The van der Waals surface area contributed by atoms with Crippen LogP contribution in [0.2, 0.25) is 0 Å². The van der Waals surface area contributed by atoms with Crippen molar-refractivity contribution in [3.05, 3.63) is 59.2 Å². The molecule has 0 aliphatic carbocycles. The Hall–Kier alpha value is -4.03. The van der Waals surface area contributed by atoms with Crippen molar-refractivity contribution >= 4 is 28.7 Å². The first-order chi connectivity index (χ1) is 20.5. The van der Waals surface area contributed by atoms with Crippen molar-refractivity contribution in [3.8, 4) is 11.3 Å². The molecule has 0 unspecified atom stereocenters. The van der Waals surface area contributed by atoms with E-state index in [1.54, 1.807) is 25.1 Å². The van der Waals surface area contributed by atoms with Crippen molar-refractivity contribution in [2.24, 2.45) is 0 Å². The molecule has 10 nitrogen and oxygen atoms in total. The van der Waals surface area contributed by atoms with Gasteiger partial charge in [0, 0.05) is 44.3 Å². The SMILES string of the molecule is Cc1nc(Nc2ncc(F)c(-c3cc(F)c4nc(C)n(C(C)C)c4c3)n2)ccc1C(=O)N1CCCN(CCN(C)C)CC1. The summed E-state index contributed by atoms with van der Waals surface area (Å²) in [7, 11) is 4.13. The van der Waals surface area contributed by atoms with Crippen molar-refractivity contribution < 1.29 is 13.6 Å². The number of amides is 1. The lowest BCUT2D eigenvalue weighted by molar-refractivity contribution is 0.0760. The maximum Gasteiger partial charge on any atom is 0.255 e. The molecule has 5 rings (SSSR count). The molecule has 3 aromatic heterocycles. The second kappa shape index (κ2) is 12.7. The summed E-state index contributed by atoms with van der Waals surface area (Å²) in [5.41, 5.74) is 2.14. The summed E-state index contributed by atoms with van der Waals surface area (Å²) >= 11 is 0. The summed E-state index contributed by atoms with van der Waals surface area (Å²) in [6, 6.07) is 6.40. The highest BCUT2D eigenvalue weighted by Crippen LogP contribution is 2.30. The highest BCUT2D eigenvalue weighted by molar-refractivity contribution is 5.95. The van der Waals surface area contributed by atoms with Crippen LogP contribution in [-0.4, -0.2) is 98.5 Å². The van der Waals surface area contributed by atoms with Gasteiger partial charge in [0.05, 0.1) is 23.0 Å². The first kappa shape index (κ1) is 30.4. The van der Waals surface area contributed by atoms with E-state index in [1.165, 1.54) is 6.07 Å². The Morgan fingerprint density at radius 2 is 1.81 bits per heavy atom. The second-order valence-electron chi connectivity index (χ2n) is 11.6. The van der Waals surface area contributed by atoms with Gasteiger partial charge in [0.2, 0.25) is 5.95 Å². The number of rotatable bonds is 8. The average Bonchev–Trinajstić information content (AvgIpc) is 3.12. The van der Waals surface area contributed by atoms with Crippen LogP contribution in [0.1, 0.15) is 48.2 Å². The van der Waals surface area contributed by atoms with E-state index in [-0.39, 0.29) is 34.7 Å². The molecule has 1 aliphatic heterocycles. The van der Waals surface area contributed by atoms with Crippen LogP contribution < -0.4 is 5.32 Å². The highest BCUT2D eigenvalue weighted by Gasteiger charge is 2.23. The third-order valence-electron chi connectivity index (χ3n) is 7.75. The predicted octanol–water partition coefficient (Wildman–Crippen LogP) is 4.82. The quantitative estimate of drug-likeness (QED) is 0.312. The molecule has 228 valence electrons. The summed E-state index contributed by atoms with van der Waals surface area (Å²) in [5, 5.41) is 3.01. The van der Waals surface area contributed by atoms with Gasteiger partial charge in [-0.2, -0.15) is 0 Å². The van der Waals surface area contributed by atoms with Crippen LogP contribution in [0, 0.1) is 25.5 Å². The molecule has 1 amide bonds. The molecule has 0 atom stereocenters. The van der Waals surface area contributed by atoms with Gasteiger partial charge in [-0.15, -0.1) is 0 Å². The second-order valence-corrected chi connectivity index (χ2v) is 11.6. The van der Waals surface area contributed by atoms with Gasteiger partial charge in [0.1, 0.15) is 22.9 Å². The monoisotopic (exact) mass is 591 g/mol. The number of halogens is 2. The smallest absolute Gasteiger partial charge is 0.255 e. The van der Waals surface area contributed by atoms with Gasteiger partial charge in [-0.25, -0.2) is 28.7 Å². The van der Waals surface area contributed by atoms with Gasteiger partial charge < -0.3 is 24.6 Å². The molecule has 4 aromatic rings. The maximum atomic E-state index is 15.1. The maximum absolute atomic E-state index is 15.1. The molecule has 0 spiro atoms. The zero-order chi connectivity index (χ0) is 30.8. The molecule has 1 aliphatic rings. The standard InChI is InChI=1S/C31H39F2N9O/c1-19(2)42-21(4)36-29-24(32)16-22(17-26(29)42)28-25(33)18-34-31(38-28)37-27-9-8-23(20(3)35-27)30(43)41-11-7-10-40(14-15-41)13-12-39(5)6/h8-9,16-19H,7,10-15H2,1-6H3,(H,34,35,37,38). The van der Waals surface area contributed by atoms with E-state index in [0.717, 1.165) is 38.8 Å². The average molecular weight is 592 g/mol. The number of anilines is 2. The number of benzene rings is 1. The van der Waals surface area contributed by atoms with Gasteiger partial charge in [0.15, 0.2) is 11.6 Å². The summed E-state index contributed by atoms with van der Waals surface area (Å²) in [4.78, 5) is 37.2. The van der Waals surface area contributed by atoms with E-state index in [2.05, 4.69) is 49.1 Å². The van der Waals surface area contributed by atoms with Crippen LogP contribution in [-0.2, 0) is 0 Å². The number of carbonyl (C=O) groups is 1. The molecule has 1 saturated heterocycles. The molecule has 4 heterocycles. The van der Waals surface area contributed by atoms with E-state index in [4.69, 9.17) is 0 Å². The van der Waals surface area contributed by atoms with E-state index in [0.29, 0.717) is 41.5 Å². The Morgan fingerprint density at radius 3 is 2.53 bits per heavy atom. The van der Waals surface area contributed by atoms with Crippen molar-refractivity contribution in [3.63, 3.8) is 0 Å². The Balaban J connectivity index is 1.33. The van der Waals surface area contributed by atoms with E-state index in [9.17, 15) is 9.18 Å². The summed E-state index contributed by atoms with van der Waals surface area (Å²) < 4.78 is 31.9. The van der Waals surface area contributed by atoms with Gasteiger partial charge in [-0.05, 0) is 79.0 Å². The van der Waals surface area contributed by atoms with Crippen molar-refractivity contribution in [2.75, 3.05) is 58.7 Å². The number of hydrogen-bond acceptors (Lipinski definition) is 8. The van der Waals surface area contributed by atoms with E-state index in [1.807, 2.05) is 30.2 Å². The minimum atomic E-state index is -0.681. The van der Waals surface area contributed by atoms with Gasteiger partial charge in [-0.1, -0.05) is 0 Å². The predicted molar refractivity (Wildman–Crippen MR) is 164 cm³/mol. The van der Waals surface area contributed by atoms with Crippen molar-refractivity contribution in [1.82, 2.24) is 39.2 Å². The number of aromatic nitrogens is 5. The van der Waals surface area contributed by atoms with E-state index < -0.39 is 11.6 Å². The number of aryl methyl sites for hydroxylation is 2. The molecular weight excluding hydrogens is 552 g/mol. The van der Waals surface area contributed by atoms with E-state index >= 15 is 4.39 Å². The third kappa shape index (κ3) is 6.65. The summed E-state index contributed by atoms with van der Waals surface area (Å²) in [5.74, 6) is -0.0909. The Bertz CT molecular complexity index is 1640. The van der Waals surface area contributed by atoms with Crippen LogP contribution in [0.15, 0.2) is 30.5 Å². The summed E-state index contributed by atoms with van der Waals surface area (Å²) in [6.45, 7) is 12.7. The fourth-order valence-electron chi connectivity index (χ4n) is 5.57. The van der Waals surface area contributed by atoms with Gasteiger partial charge >= 0.3 is 0 Å². The van der Waals surface area contributed by atoms with Crippen LogP contribution in [0.25, 0.3) is 22.3 Å². The molecule has 0 saturated carbocycles. The third-order valence-corrected chi connectivity index (χ3v) is 7.75. The number of nitrogens with one attached hydrogen (secondary N) is 1. The zero-order valence-electron chi connectivity index (χ0n) is 25.7. The molecule has 1 fully saturated rings. The number of nitrogens with zero attached hydrogens (tertiary/aromatic N) is 8. The molecule has 12 heteroatoms. The number of likely N-dealkylation sites (N-methyl/N-ethyl adjacent to an activating group) is 1. The number of carbonyl (C=O) groups excluding carboxylic acids is 1. The first-order valence-corrected chi connectivity index (χ1v) is 14.6. The number of imidazole rings is 1. The van der Waals surface area contributed by atoms with Crippen LogP contribution >= 0.6 is 0 Å². The minimum absolute atomic E-state index is 0.0402. The molecule has 1 N–H and O–H groups in total. The fraction of sp³-hybridized carbons (Fsp3) is 0.452.